The van der Waals surface area contributed by atoms with Gasteiger partial charge in [0, 0.05) is 6.04 Å². The molecule has 0 aromatic heterocycles. The third-order valence-electron chi connectivity index (χ3n) is 3.36. The van der Waals surface area contributed by atoms with Crippen LogP contribution in [0.4, 0.5) is 0 Å². The summed E-state index contributed by atoms with van der Waals surface area (Å²) in [6.45, 7) is 0. The Bertz CT molecular complexity index is 310. The molecule has 0 amide bonds. The largest absolute Gasteiger partial charge is 0.489 e. The molecule has 0 spiro atoms. The Morgan fingerprint density at radius 2 is 1.75 bits per heavy atom. The Morgan fingerprint density at radius 3 is 2.44 bits per heavy atom. The lowest BCUT2D eigenvalue weighted by molar-refractivity contribution is 0.0623. The summed E-state index contributed by atoms with van der Waals surface area (Å²) in [5.74, 6) is 1.00. The van der Waals surface area contributed by atoms with E-state index in [1.165, 1.54) is 25.7 Å². The molecule has 0 radical (unpaired) electrons. The lowest BCUT2D eigenvalue weighted by Crippen LogP contribution is -2.44. The highest BCUT2D eigenvalue weighted by molar-refractivity contribution is 5.21. The first-order valence-electron chi connectivity index (χ1n) is 6.15. The Balaban J connectivity index is 2.01. The molecule has 1 fully saturated rings. The van der Waals surface area contributed by atoms with Crippen LogP contribution >= 0.6 is 0 Å². The topological polar surface area (TPSA) is 12.5 Å². The predicted octanol–water partition coefficient (Wildman–Crippen LogP) is 2.94. The molecule has 2 atom stereocenters. The predicted molar refractivity (Wildman–Crippen MR) is 66.8 cm³/mol. The van der Waals surface area contributed by atoms with E-state index in [1.807, 2.05) is 30.3 Å². The van der Waals surface area contributed by atoms with E-state index < -0.39 is 0 Å². The summed E-state index contributed by atoms with van der Waals surface area (Å²) in [7, 11) is 4.30. The van der Waals surface area contributed by atoms with Crippen molar-refractivity contribution in [2.24, 2.45) is 0 Å². The molecule has 0 heterocycles. The number of ether oxygens (including phenoxy) is 1. The van der Waals surface area contributed by atoms with Gasteiger partial charge in [-0.05, 0) is 45.5 Å². The average Bonchev–Trinajstić information content (AvgIpc) is 2.31. The zero-order valence-electron chi connectivity index (χ0n) is 10.2. The summed E-state index contributed by atoms with van der Waals surface area (Å²) in [6.07, 6.45) is 5.41. The monoisotopic (exact) mass is 219 g/mol. The second-order valence-electron chi connectivity index (χ2n) is 4.78. The first-order valence-corrected chi connectivity index (χ1v) is 6.15. The molecule has 1 aromatic carbocycles. The molecule has 2 rings (SSSR count). The van der Waals surface area contributed by atoms with Crippen molar-refractivity contribution in [3.63, 3.8) is 0 Å². The lowest BCUT2D eigenvalue weighted by Gasteiger charge is -2.36. The molecule has 0 bridgehead atoms. The van der Waals surface area contributed by atoms with Gasteiger partial charge in [-0.2, -0.15) is 0 Å². The molecular formula is C14H21NO. The quantitative estimate of drug-likeness (QED) is 0.775. The van der Waals surface area contributed by atoms with E-state index in [0.29, 0.717) is 12.1 Å². The average molecular weight is 219 g/mol. The molecule has 0 N–H and O–H groups in total. The van der Waals surface area contributed by atoms with Gasteiger partial charge < -0.3 is 9.64 Å². The van der Waals surface area contributed by atoms with Crippen molar-refractivity contribution in [1.29, 1.82) is 0 Å². The zero-order valence-corrected chi connectivity index (χ0v) is 10.2. The van der Waals surface area contributed by atoms with Crippen LogP contribution in [0.25, 0.3) is 0 Å². The number of para-hydroxylation sites is 1. The van der Waals surface area contributed by atoms with E-state index in [9.17, 15) is 0 Å². The van der Waals surface area contributed by atoms with Crippen LogP contribution in [0.5, 0.6) is 5.75 Å². The Morgan fingerprint density at radius 1 is 1.06 bits per heavy atom. The van der Waals surface area contributed by atoms with Crippen molar-refractivity contribution in [1.82, 2.24) is 4.90 Å². The molecule has 1 saturated carbocycles. The number of hydrogen-bond donors (Lipinski definition) is 0. The molecule has 0 aliphatic heterocycles. The van der Waals surface area contributed by atoms with Crippen LogP contribution in [0.2, 0.25) is 0 Å². The van der Waals surface area contributed by atoms with Gasteiger partial charge >= 0.3 is 0 Å². The number of benzene rings is 1. The molecule has 16 heavy (non-hydrogen) atoms. The second-order valence-corrected chi connectivity index (χ2v) is 4.78. The van der Waals surface area contributed by atoms with Crippen molar-refractivity contribution in [2.75, 3.05) is 14.1 Å². The smallest absolute Gasteiger partial charge is 0.119 e. The fourth-order valence-electron chi connectivity index (χ4n) is 2.48. The van der Waals surface area contributed by atoms with Crippen LogP contribution in [0.3, 0.4) is 0 Å². The maximum absolute atomic E-state index is 6.09. The molecule has 88 valence electrons. The maximum Gasteiger partial charge on any atom is 0.119 e. The molecule has 1 aromatic rings. The van der Waals surface area contributed by atoms with Crippen LogP contribution in [0.1, 0.15) is 25.7 Å². The van der Waals surface area contributed by atoms with Crippen molar-refractivity contribution < 1.29 is 4.74 Å². The molecule has 2 heteroatoms. The summed E-state index contributed by atoms with van der Waals surface area (Å²) >= 11 is 0. The van der Waals surface area contributed by atoms with Crippen molar-refractivity contribution >= 4 is 0 Å². The number of hydrogen-bond acceptors (Lipinski definition) is 2. The third kappa shape index (κ3) is 2.76. The molecule has 2 nitrogen and oxygen atoms in total. The number of rotatable bonds is 3. The molecular weight excluding hydrogens is 198 g/mol. The summed E-state index contributed by atoms with van der Waals surface area (Å²) in [4.78, 5) is 2.30. The van der Waals surface area contributed by atoms with E-state index in [2.05, 4.69) is 19.0 Å². The van der Waals surface area contributed by atoms with Gasteiger partial charge in [0.25, 0.3) is 0 Å². The fourth-order valence-corrected chi connectivity index (χ4v) is 2.48. The van der Waals surface area contributed by atoms with Crippen molar-refractivity contribution in [3.8, 4) is 5.75 Å². The van der Waals surface area contributed by atoms with Gasteiger partial charge in [0.2, 0.25) is 0 Å². The first-order chi connectivity index (χ1) is 7.77. The number of nitrogens with zero attached hydrogens (tertiary/aromatic N) is 1. The highest BCUT2D eigenvalue weighted by Crippen LogP contribution is 2.26. The van der Waals surface area contributed by atoms with Crippen LogP contribution < -0.4 is 4.74 Å². The summed E-state index contributed by atoms with van der Waals surface area (Å²) in [5, 5.41) is 0. The van der Waals surface area contributed by atoms with E-state index in [-0.39, 0.29) is 0 Å². The normalized spacial score (nSPS) is 25.7. The highest BCUT2D eigenvalue weighted by atomic mass is 16.5. The lowest BCUT2D eigenvalue weighted by atomic mass is 9.91. The van der Waals surface area contributed by atoms with E-state index in [4.69, 9.17) is 4.74 Å². The Labute approximate surface area is 98.2 Å². The minimum Gasteiger partial charge on any atom is -0.489 e. The fraction of sp³-hybridized carbons (Fsp3) is 0.571. The van der Waals surface area contributed by atoms with Crippen LogP contribution in [0, 0.1) is 0 Å². The summed E-state index contributed by atoms with van der Waals surface area (Å²) in [5.41, 5.74) is 0. The van der Waals surface area contributed by atoms with Crippen LogP contribution in [-0.2, 0) is 0 Å². The van der Waals surface area contributed by atoms with Crippen molar-refractivity contribution in [3.05, 3.63) is 30.3 Å². The van der Waals surface area contributed by atoms with Gasteiger partial charge in [-0.1, -0.05) is 24.6 Å². The van der Waals surface area contributed by atoms with Gasteiger partial charge in [-0.25, -0.2) is 0 Å². The summed E-state index contributed by atoms with van der Waals surface area (Å²) < 4.78 is 6.09. The second kappa shape index (κ2) is 5.35. The standard InChI is InChI=1S/C14H21NO/c1-15(2)13-10-6-7-11-14(13)16-12-8-4-3-5-9-12/h3-5,8-9,13-14H,6-7,10-11H2,1-2H3/t13-,14+/m1/s1. The van der Waals surface area contributed by atoms with Crippen molar-refractivity contribution in [2.45, 2.75) is 37.8 Å². The highest BCUT2D eigenvalue weighted by Gasteiger charge is 2.28. The van der Waals surface area contributed by atoms with Gasteiger partial charge in [0.15, 0.2) is 0 Å². The SMILES string of the molecule is CN(C)[C@@H]1CCCC[C@@H]1Oc1ccccc1. The maximum atomic E-state index is 6.09. The van der Waals surface area contributed by atoms with Crippen LogP contribution in [-0.4, -0.2) is 31.1 Å². The summed E-state index contributed by atoms with van der Waals surface area (Å²) in [6, 6.07) is 10.7. The van der Waals surface area contributed by atoms with Gasteiger partial charge in [-0.15, -0.1) is 0 Å². The van der Waals surface area contributed by atoms with Gasteiger partial charge in [-0.3, -0.25) is 0 Å². The van der Waals surface area contributed by atoms with Gasteiger partial charge in [0.1, 0.15) is 11.9 Å². The van der Waals surface area contributed by atoms with E-state index in [1.54, 1.807) is 0 Å². The van der Waals surface area contributed by atoms with E-state index >= 15 is 0 Å². The molecule has 1 aliphatic rings. The first kappa shape index (κ1) is 11.5. The van der Waals surface area contributed by atoms with Crippen LogP contribution in [0.15, 0.2) is 30.3 Å². The zero-order chi connectivity index (χ0) is 11.4. The minimum atomic E-state index is 0.353. The molecule has 0 unspecified atom stereocenters. The third-order valence-corrected chi connectivity index (χ3v) is 3.36. The molecule has 1 aliphatic carbocycles. The molecule has 0 saturated heterocycles. The van der Waals surface area contributed by atoms with Gasteiger partial charge in [0.05, 0.1) is 0 Å². The Kier molecular flexibility index (Phi) is 3.83. The van der Waals surface area contributed by atoms with E-state index in [0.717, 1.165) is 5.75 Å². The Hall–Kier alpha value is -1.02. The number of likely N-dealkylation sites (N-methyl/N-ethyl adjacent to an activating group) is 1. The minimum absolute atomic E-state index is 0.353.